The maximum absolute atomic E-state index is 10.6. The first-order chi connectivity index (χ1) is 7.83. The highest BCUT2D eigenvalue weighted by Crippen LogP contribution is 2.30. The van der Waals surface area contributed by atoms with Crippen molar-refractivity contribution in [3.8, 4) is 11.1 Å². The number of hydrogen-bond acceptors (Lipinski definition) is 1. The minimum Gasteiger partial charge on any atom is -0.303 e. The molecule has 0 aliphatic carbocycles. The van der Waals surface area contributed by atoms with Gasteiger partial charge < -0.3 is 4.79 Å². The first-order valence-electron chi connectivity index (χ1n) is 5.09. The summed E-state index contributed by atoms with van der Waals surface area (Å²) in [6.07, 6.45) is 1.33. The molecule has 16 heavy (non-hydrogen) atoms. The zero-order valence-corrected chi connectivity index (χ0v) is 9.45. The van der Waals surface area contributed by atoms with Gasteiger partial charge in [0.15, 0.2) is 0 Å². The Morgan fingerprint density at radius 1 is 0.938 bits per heavy atom. The molecule has 0 aliphatic rings. The van der Waals surface area contributed by atoms with Gasteiger partial charge in [-0.25, -0.2) is 0 Å². The smallest absolute Gasteiger partial charge is 0.124 e. The Hall–Kier alpha value is -1.60. The van der Waals surface area contributed by atoms with Crippen molar-refractivity contribution in [2.24, 2.45) is 0 Å². The molecule has 2 aromatic rings. The van der Waals surface area contributed by atoms with E-state index >= 15 is 0 Å². The lowest BCUT2D eigenvalue weighted by molar-refractivity contribution is -0.107. The fraction of sp³-hybridized carbons (Fsp3) is 0.0714. The molecule has 0 bridgehead atoms. The van der Waals surface area contributed by atoms with E-state index in [9.17, 15) is 4.79 Å². The molecular formula is C14H11ClO. The van der Waals surface area contributed by atoms with Crippen molar-refractivity contribution in [2.45, 2.75) is 6.42 Å². The SMILES string of the molecule is O=CCc1ccccc1-c1ccccc1Cl. The van der Waals surface area contributed by atoms with Crippen LogP contribution in [0, 0.1) is 0 Å². The number of benzene rings is 2. The van der Waals surface area contributed by atoms with Crippen LogP contribution < -0.4 is 0 Å². The lowest BCUT2D eigenvalue weighted by Crippen LogP contribution is -1.91. The molecule has 0 saturated heterocycles. The summed E-state index contributed by atoms with van der Waals surface area (Å²) in [7, 11) is 0. The van der Waals surface area contributed by atoms with Crippen molar-refractivity contribution in [3.05, 3.63) is 59.1 Å². The summed E-state index contributed by atoms with van der Waals surface area (Å²) >= 11 is 6.14. The molecule has 0 unspecified atom stereocenters. The molecular weight excluding hydrogens is 220 g/mol. The molecule has 0 amide bonds. The molecule has 2 aromatic carbocycles. The molecule has 0 radical (unpaired) electrons. The van der Waals surface area contributed by atoms with E-state index < -0.39 is 0 Å². The molecule has 0 heterocycles. The lowest BCUT2D eigenvalue weighted by Gasteiger charge is -2.08. The second-order valence-electron chi connectivity index (χ2n) is 3.51. The molecule has 80 valence electrons. The van der Waals surface area contributed by atoms with E-state index in [0.717, 1.165) is 23.0 Å². The van der Waals surface area contributed by atoms with E-state index in [1.54, 1.807) is 0 Å². The summed E-state index contributed by atoms with van der Waals surface area (Å²) in [5.41, 5.74) is 3.01. The molecule has 2 heteroatoms. The van der Waals surface area contributed by atoms with Gasteiger partial charge >= 0.3 is 0 Å². The monoisotopic (exact) mass is 230 g/mol. The maximum atomic E-state index is 10.6. The highest BCUT2D eigenvalue weighted by Gasteiger charge is 2.06. The number of hydrogen-bond donors (Lipinski definition) is 0. The molecule has 0 atom stereocenters. The number of carbonyl (C=O) groups is 1. The topological polar surface area (TPSA) is 17.1 Å². The normalized spacial score (nSPS) is 10.1. The van der Waals surface area contributed by atoms with Gasteiger partial charge in [0.1, 0.15) is 6.29 Å². The summed E-state index contributed by atoms with van der Waals surface area (Å²) in [5.74, 6) is 0. The van der Waals surface area contributed by atoms with Crippen LogP contribution in [-0.2, 0) is 11.2 Å². The Morgan fingerprint density at radius 2 is 1.56 bits per heavy atom. The number of rotatable bonds is 3. The third-order valence-electron chi connectivity index (χ3n) is 2.48. The third kappa shape index (κ3) is 2.15. The van der Waals surface area contributed by atoms with Crippen LogP contribution in [-0.4, -0.2) is 6.29 Å². The predicted molar refractivity (Wildman–Crippen MR) is 66.7 cm³/mol. The fourth-order valence-corrected chi connectivity index (χ4v) is 1.97. The molecule has 0 spiro atoms. The van der Waals surface area contributed by atoms with Crippen molar-refractivity contribution >= 4 is 17.9 Å². The Balaban J connectivity index is 2.55. The molecule has 0 N–H and O–H groups in total. The average molecular weight is 231 g/mol. The van der Waals surface area contributed by atoms with Gasteiger partial charge in [-0.3, -0.25) is 0 Å². The largest absolute Gasteiger partial charge is 0.303 e. The van der Waals surface area contributed by atoms with E-state index in [4.69, 9.17) is 11.6 Å². The molecule has 0 aliphatic heterocycles. The lowest BCUT2D eigenvalue weighted by atomic mass is 9.98. The van der Waals surface area contributed by atoms with Gasteiger partial charge in [0.25, 0.3) is 0 Å². The second-order valence-corrected chi connectivity index (χ2v) is 3.91. The third-order valence-corrected chi connectivity index (χ3v) is 2.81. The van der Waals surface area contributed by atoms with Gasteiger partial charge in [-0.15, -0.1) is 0 Å². The molecule has 0 saturated carbocycles. The summed E-state index contributed by atoms with van der Waals surface area (Å²) in [4.78, 5) is 10.6. The van der Waals surface area contributed by atoms with Crippen LogP contribution in [0.1, 0.15) is 5.56 Å². The first-order valence-corrected chi connectivity index (χ1v) is 5.47. The second kappa shape index (κ2) is 4.95. The number of aldehydes is 1. The van der Waals surface area contributed by atoms with Crippen LogP contribution >= 0.6 is 11.6 Å². The molecule has 1 nitrogen and oxygen atoms in total. The summed E-state index contributed by atoms with van der Waals surface area (Å²) in [6.45, 7) is 0. The minimum atomic E-state index is 0.418. The van der Waals surface area contributed by atoms with E-state index in [-0.39, 0.29) is 0 Å². The van der Waals surface area contributed by atoms with Crippen molar-refractivity contribution in [2.75, 3.05) is 0 Å². The van der Waals surface area contributed by atoms with Crippen molar-refractivity contribution < 1.29 is 4.79 Å². The zero-order valence-electron chi connectivity index (χ0n) is 8.69. The first kappa shape index (κ1) is 10.9. The summed E-state index contributed by atoms with van der Waals surface area (Å²) in [5, 5.41) is 0.709. The van der Waals surface area contributed by atoms with Crippen LogP contribution in [0.3, 0.4) is 0 Å². The van der Waals surface area contributed by atoms with Gasteiger partial charge in [-0.1, -0.05) is 54.1 Å². The van der Waals surface area contributed by atoms with Crippen molar-refractivity contribution in [1.29, 1.82) is 0 Å². The van der Waals surface area contributed by atoms with Crippen LogP contribution in [0.4, 0.5) is 0 Å². The average Bonchev–Trinajstić information content (AvgIpc) is 2.31. The highest BCUT2D eigenvalue weighted by molar-refractivity contribution is 6.33. The van der Waals surface area contributed by atoms with E-state index in [2.05, 4.69) is 0 Å². The molecule has 2 rings (SSSR count). The quantitative estimate of drug-likeness (QED) is 0.734. The maximum Gasteiger partial charge on any atom is 0.124 e. The standard InChI is InChI=1S/C14H11ClO/c15-14-8-4-3-7-13(14)12-6-2-1-5-11(12)9-10-16/h1-8,10H,9H2. The van der Waals surface area contributed by atoms with E-state index in [1.165, 1.54) is 0 Å². The van der Waals surface area contributed by atoms with Crippen LogP contribution in [0.25, 0.3) is 11.1 Å². The Labute approximate surface area is 99.7 Å². The van der Waals surface area contributed by atoms with Gasteiger partial charge in [0.2, 0.25) is 0 Å². The summed E-state index contributed by atoms with van der Waals surface area (Å²) < 4.78 is 0. The van der Waals surface area contributed by atoms with Crippen molar-refractivity contribution in [3.63, 3.8) is 0 Å². The Morgan fingerprint density at radius 3 is 2.25 bits per heavy atom. The van der Waals surface area contributed by atoms with Gasteiger partial charge in [0, 0.05) is 17.0 Å². The number of carbonyl (C=O) groups excluding carboxylic acids is 1. The van der Waals surface area contributed by atoms with Gasteiger partial charge in [0.05, 0.1) is 0 Å². The van der Waals surface area contributed by atoms with E-state index in [0.29, 0.717) is 11.4 Å². The molecule has 0 fully saturated rings. The van der Waals surface area contributed by atoms with E-state index in [1.807, 2.05) is 48.5 Å². The zero-order chi connectivity index (χ0) is 11.4. The van der Waals surface area contributed by atoms with Crippen LogP contribution in [0.15, 0.2) is 48.5 Å². The highest BCUT2D eigenvalue weighted by atomic mass is 35.5. The van der Waals surface area contributed by atoms with Crippen LogP contribution in [0.2, 0.25) is 5.02 Å². The predicted octanol–water partition coefficient (Wildman–Crippen LogP) is 3.75. The van der Waals surface area contributed by atoms with Crippen molar-refractivity contribution in [1.82, 2.24) is 0 Å². The Kier molecular flexibility index (Phi) is 3.37. The number of halogens is 1. The van der Waals surface area contributed by atoms with Gasteiger partial charge in [-0.05, 0) is 17.2 Å². The minimum absolute atomic E-state index is 0.418. The fourth-order valence-electron chi connectivity index (χ4n) is 1.73. The Bertz CT molecular complexity index is 506. The molecule has 0 aromatic heterocycles. The summed E-state index contributed by atoms with van der Waals surface area (Å²) in [6, 6.07) is 15.5. The van der Waals surface area contributed by atoms with Gasteiger partial charge in [-0.2, -0.15) is 0 Å². The van der Waals surface area contributed by atoms with Crippen LogP contribution in [0.5, 0.6) is 0 Å².